The average molecular weight is 469 g/mol. The van der Waals surface area contributed by atoms with Gasteiger partial charge in [-0.05, 0) is 72.5 Å². The van der Waals surface area contributed by atoms with E-state index in [4.69, 9.17) is 4.74 Å². The van der Waals surface area contributed by atoms with Crippen LogP contribution < -0.4 is 4.74 Å². The first-order valence-electron chi connectivity index (χ1n) is 11.5. The molecule has 0 bridgehead atoms. The Morgan fingerprint density at radius 2 is 1.34 bits per heavy atom. The van der Waals surface area contributed by atoms with Crippen molar-refractivity contribution in [1.29, 1.82) is 0 Å². The summed E-state index contributed by atoms with van der Waals surface area (Å²) in [6, 6.07) is 19.4. The van der Waals surface area contributed by atoms with Crippen LogP contribution in [-0.2, 0) is 0 Å². The van der Waals surface area contributed by atoms with E-state index in [1.807, 2.05) is 24.3 Å². The molecule has 4 aromatic rings. The van der Waals surface area contributed by atoms with Crippen molar-refractivity contribution >= 4 is 10.8 Å². The molecule has 0 N–H and O–H groups in total. The molecule has 0 radical (unpaired) electrons. The van der Waals surface area contributed by atoms with E-state index in [9.17, 15) is 13.2 Å². The number of rotatable bonds is 5. The quantitative estimate of drug-likeness (QED) is 0.216. The maximum atomic E-state index is 14.6. The minimum absolute atomic E-state index is 0.179. The van der Waals surface area contributed by atoms with Gasteiger partial charge < -0.3 is 4.74 Å². The highest BCUT2D eigenvalue weighted by atomic mass is 19.2. The third-order valence-corrected chi connectivity index (χ3v) is 5.44. The van der Waals surface area contributed by atoms with Gasteiger partial charge in [0.15, 0.2) is 11.6 Å². The molecule has 0 aliphatic heterocycles. The van der Waals surface area contributed by atoms with Crippen molar-refractivity contribution in [2.24, 2.45) is 0 Å². The summed E-state index contributed by atoms with van der Waals surface area (Å²) in [6.07, 6.45) is 3.34. The molecule has 0 aliphatic carbocycles. The lowest BCUT2D eigenvalue weighted by molar-refractivity contribution is 0.306. The number of halogens is 3. The molecule has 0 atom stereocenters. The fourth-order valence-electron chi connectivity index (χ4n) is 3.50. The van der Waals surface area contributed by atoms with Gasteiger partial charge >= 0.3 is 0 Å². The van der Waals surface area contributed by atoms with E-state index < -0.39 is 17.5 Å². The van der Waals surface area contributed by atoms with E-state index >= 15 is 0 Å². The summed E-state index contributed by atoms with van der Waals surface area (Å²) in [7, 11) is 0. The van der Waals surface area contributed by atoms with Crippen LogP contribution in [0, 0.1) is 41.1 Å². The van der Waals surface area contributed by atoms with Gasteiger partial charge in [-0.25, -0.2) is 13.2 Å². The Hall–Kier alpha value is -4.15. The van der Waals surface area contributed by atoms with Crippen molar-refractivity contribution in [3.8, 4) is 29.4 Å². The lowest BCUT2D eigenvalue weighted by Crippen LogP contribution is -1.96. The highest BCUT2D eigenvalue weighted by molar-refractivity contribution is 5.84. The summed E-state index contributed by atoms with van der Waals surface area (Å²) in [5, 5.41) is 0.705. The molecular formula is C31H23F3O. The van der Waals surface area contributed by atoms with Gasteiger partial charge in [-0.1, -0.05) is 55.6 Å². The molecule has 0 amide bonds. The first-order valence-corrected chi connectivity index (χ1v) is 11.5. The first kappa shape index (κ1) is 24.0. The molecule has 174 valence electrons. The van der Waals surface area contributed by atoms with Gasteiger partial charge in [-0.15, -0.1) is 0 Å². The zero-order valence-corrected chi connectivity index (χ0v) is 19.3. The molecule has 1 nitrogen and oxygen atoms in total. The summed E-state index contributed by atoms with van der Waals surface area (Å²) < 4.78 is 47.5. The van der Waals surface area contributed by atoms with Crippen LogP contribution in [-0.4, -0.2) is 6.61 Å². The molecule has 0 spiro atoms. The van der Waals surface area contributed by atoms with Gasteiger partial charge in [0.25, 0.3) is 0 Å². The molecule has 0 fully saturated rings. The second-order valence-corrected chi connectivity index (χ2v) is 8.07. The number of fused-ring (bicyclic) bond motifs is 1. The maximum Gasteiger partial charge on any atom is 0.166 e. The smallest absolute Gasteiger partial charge is 0.166 e. The number of hydrogen-bond acceptors (Lipinski definition) is 1. The highest BCUT2D eigenvalue weighted by Crippen LogP contribution is 2.21. The molecule has 4 rings (SSSR count). The molecule has 0 saturated heterocycles. The van der Waals surface area contributed by atoms with Crippen molar-refractivity contribution in [3.63, 3.8) is 0 Å². The fourth-order valence-corrected chi connectivity index (χ4v) is 3.50. The van der Waals surface area contributed by atoms with Crippen LogP contribution in [0.1, 0.15) is 48.4 Å². The summed E-state index contributed by atoms with van der Waals surface area (Å²) in [6.45, 7) is 2.86. The first-order chi connectivity index (χ1) is 17.0. The Morgan fingerprint density at radius 1 is 0.657 bits per heavy atom. The van der Waals surface area contributed by atoms with E-state index in [2.05, 4.69) is 30.6 Å². The minimum Gasteiger partial charge on any atom is -0.494 e. The van der Waals surface area contributed by atoms with Crippen LogP contribution in [0.5, 0.6) is 5.75 Å². The van der Waals surface area contributed by atoms with Crippen LogP contribution >= 0.6 is 0 Å². The largest absolute Gasteiger partial charge is 0.494 e. The SMILES string of the molecule is CCCCCOc1ccc(C#Cc2ccc(C#Cc3ccc4c(F)c(F)ccc4c3)c(F)c2)cc1. The van der Waals surface area contributed by atoms with Crippen molar-refractivity contribution in [2.75, 3.05) is 6.61 Å². The fraction of sp³-hybridized carbons (Fsp3) is 0.161. The third kappa shape index (κ3) is 6.25. The number of benzene rings is 4. The Kier molecular flexibility index (Phi) is 7.76. The third-order valence-electron chi connectivity index (χ3n) is 5.44. The van der Waals surface area contributed by atoms with Gasteiger partial charge in [0, 0.05) is 22.1 Å². The Balaban J connectivity index is 1.44. The molecule has 0 heterocycles. The monoisotopic (exact) mass is 468 g/mol. The molecule has 0 unspecified atom stereocenters. The summed E-state index contributed by atoms with van der Waals surface area (Å²) in [5.41, 5.74) is 2.15. The Labute approximate surface area is 203 Å². The molecular weight excluding hydrogens is 445 g/mol. The zero-order valence-electron chi connectivity index (χ0n) is 19.3. The van der Waals surface area contributed by atoms with Gasteiger partial charge in [0.05, 0.1) is 12.2 Å². The molecule has 4 heteroatoms. The van der Waals surface area contributed by atoms with E-state index in [1.54, 1.807) is 24.3 Å². The standard InChI is InChI=1S/C31H23F3O/c1-2-3-4-19-35-27-15-9-22(10-16-27)5-6-24-8-13-25(30(33)21-24)12-7-23-11-17-28-26(20-23)14-18-29(32)31(28)34/h8-11,13-18,20-21H,2-4,19H2,1H3. The normalized spacial score (nSPS) is 10.3. The molecule has 0 saturated carbocycles. The van der Waals surface area contributed by atoms with Gasteiger partial charge in [-0.3, -0.25) is 0 Å². The van der Waals surface area contributed by atoms with Crippen molar-refractivity contribution < 1.29 is 17.9 Å². The maximum absolute atomic E-state index is 14.6. The highest BCUT2D eigenvalue weighted by Gasteiger charge is 2.07. The minimum atomic E-state index is -0.898. The second kappa shape index (κ2) is 11.3. The summed E-state index contributed by atoms with van der Waals surface area (Å²) in [4.78, 5) is 0. The molecule has 35 heavy (non-hydrogen) atoms. The van der Waals surface area contributed by atoms with Crippen LogP contribution in [0.25, 0.3) is 10.8 Å². The van der Waals surface area contributed by atoms with E-state index in [-0.39, 0.29) is 10.9 Å². The topological polar surface area (TPSA) is 9.23 Å². The van der Waals surface area contributed by atoms with E-state index in [0.717, 1.165) is 36.6 Å². The van der Waals surface area contributed by atoms with Crippen molar-refractivity contribution in [3.05, 3.63) is 113 Å². The molecule has 0 aliphatic rings. The van der Waals surface area contributed by atoms with Gasteiger partial charge in [0.2, 0.25) is 0 Å². The summed E-state index contributed by atoms with van der Waals surface area (Å²) in [5.74, 6) is 10.2. The zero-order chi connectivity index (χ0) is 24.6. The van der Waals surface area contributed by atoms with Crippen LogP contribution in [0.4, 0.5) is 13.2 Å². The lowest BCUT2D eigenvalue weighted by atomic mass is 10.1. The Morgan fingerprint density at radius 3 is 2.11 bits per heavy atom. The van der Waals surface area contributed by atoms with Crippen LogP contribution in [0.2, 0.25) is 0 Å². The predicted molar refractivity (Wildman–Crippen MR) is 134 cm³/mol. The van der Waals surface area contributed by atoms with Gasteiger partial charge in [-0.2, -0.15) is 0 Å². The molecule has 4 aromatic carbocycles. The molecule has 0 aromatic heterocycles. The summed E-state index contributed by atoms with van der Waals surface area (Å²) >= 11 is 0. The average Bonchev–Trinajstić information content (AvgIpc) is 2.88. The number of hydrogen-bond donors (Lipinski definition) is 0. The van der Waals surface area contributed by atoms with E-state index in [0.29, 0.717) is 23.1 Å². The Bertz CT molecular complexity index is 1470. The van der Waals surface area contributed by atoms with E-state index in [1.165, 1.54) is 18.2 Å². The van der Waals surface area contributed by atoms with Crippen molar-refractivity contribution in [2.45, 2.75) is 26.2 Å². The lowest BCUT2D eigenvalue weighted by Gasteiger charge is -2.05. The number of unbranched alkanes of at least 4 members (excludes halogenated alkanes) is 2. The van der Waals surface area contributed by atoms with Crippen LogP contribution in [0.15, 0.2) is 72.8 Å². The van der Waals surface area contributed by atoms with Crippen LogP contribution in [0.3, 0.4) is 0 Å². The number of ether oxygens (including phenoxy) is 1. The second-order valence-electron chi connectivity index (χ2n) is 8.07. The predicted octanol–water partition coefficient (Wildman–Crippen LogP) is 7.63. The van der Waals surface area contributed by atoms with Crippen molar-refractivity contribution in [1.82, 2.24) is 0 Å². The van der Waals surface area contributed by atoms with Gasteiger partial charge in [0.1, 0.15) is 11.6 Å².